The summed E-state index contributed by atoms with van der Waals surface area (Å²) in [4.78, 5) is 46.9. The fraction of sp³-hybridized carbons (Fsp3) is 0.520. The van der Waals surface area contributed by atoms with E-state index in [1.54, 1.807) is 17.0 Å². The number of H-pyrrole nitrogens is 1. The number of rotatable bonds is 12. The van der Waals surface area contributed by atoms with Crippen molar-refractivity contribution in [1.82, 2.24) is 24.0 Å². The number of hydrogen-bond acceptors (Lipinski definition) is 4. The lowest BCUT2D eigenvalue weighted by atomic mass is 10.2. The first-order chi connectivity index (χ1) is 16.4. The van der Waals surface area contributed by atoms with E-state index in [0.717, 1.165) is 31.2 Å². The lowest BCUT2D eigenvalue weighted by molar-refractivity contribution is -0.131. The summed E-state index contributed by atoms with van der Waals surface area (Å²) >= 11 is 0. The number of carbonyl (C=O) groups excluding carboxylic acids is 1. The monoisotopic (exact) mass is 471 g/mol. The van der Waals surface area contributed by atoms with Gasteiger partial charge in [-0.05, 0) is 37.5 Å². The Morgan fingerprint density at radius 3 is 2.44 bits per heavy atom. The lowest BCUT2D eigenvalue weighted by Crippen LogP contribution is -2.31. The number of nitrogens with one attached hydrogen (secondary N) is 1. The van der Waals surface area contributed by atoms with Gasteiger partial charge in [0.2, 0.25) is 5.91 Å². The molecule has 0 saturated carbocycles. The third kappa shape index (κ3) is 5.81. The Bertz CT molecular complexity index is 1240. The number of unbranched alkanes of at least 4 members (excludes halogenated alkanes) is 2. The summed E-state index contributed by atoms with van der Waals surface area (Å²) in [5, 5.41) is 0. The number of hydrogen-bond donors (Lipinski definition) is 1. The van der Waals surface area contributed by atoms with Crippen molar-refractivity contribution in [2.75, 3.05) is 6.54 Å². The van der Waals surface area contributed by atoms with Crippen molar-refractivity contribution in [3.63, 3.8) is 0 Å². The Hall–Kier alpha value is -3.23. The minimum atomic E-state index is -0.457. The number of nitrogens with zero attached hydrogens (tertiary/aromatic N) is 4. The topological polar surface area (TPSA) is 93.0 Å². The molecule has 3 aromatic rings. The molecule has 1 N–H and O–H groups in total. The van der Waals surface area contributed by atoms with Gasteiger partial charge in [0.15, 0.2) is 11.2 Å². The zero-order valence-electron chi connectivity index (χ0n) is 20.3. The van der Waals surface area contributed by atoms with Crippen molar-refractivity contribution in [3.8, 4) is 0 Å². The number of imidazole rings is 1. The zero-order chi connectivity index (χ0) is 24.7. The number of halogens is 1. The summed E-state index contributed by atoms with van der Waals surface area (Å²) in [6.45, 7) is 7.88. The van der Waals surface area contributed by atoms with E-state index >= 15 is 0 Å². The van der Waals surface area contributed by atoms with E-state index in [1.165, 1.54) is 16.7 Å². The van der Waals surface area contributed by atoms with Gasteiger partial charge in [-0.1, -0.05) is 38.8 Å². The van der Waals surface area contributed by atoms with Crippen molar-refractivity contribution in [1.29, 1.82) is 0 Å². The van der Waals surface area contributed by atoms with E-state index in [9.17, 15) is 18.8 Å². The molecule has 0 aliphatic heterocycles. The normalized spacial score (nSPS) is 11.3. The van der Waals surface area contributed by atoms with Crippen LogP contribution in [0.3, 0.4) is 0 Å². The maximum Gasteiger partial charge on any atom is 0.330 e. The third-order valence-corrected chi connectivity index (χ3v) is 5.99. The summed E-state index contributed by atoms with van der Waals surface area (Å²) in [6, 6.07) is 6.24. The Kier molecular flexibility index (Phi) is 8.79. The number of fused-ring (bicyclic) bond motifs is 1. The Labute approximate surface area is 198 Å². The van der Waals surface area contributed by atoms with E-state index in [0.29, 0.717) is 49.6 Å². The number of benzene rings is 1. The van der Waals surface area contributed by atoms with Crippen LogP contribution in [0.2, 0.25) is 0 Å². The highest BCUT2D eigenvalue weighted by Crippen LogP contribution is 2.16. The highest BCUT2D eigenvalue weighted by molar-refractivity contribution is 5.77. The molecule has 2 aromatic heterocycles. The fourth-order valence-corrected chi connectivity index (χ4v) is 4.10. The molecule has 9 heteroatoms. The number of carbonyl (C=O) groups is 1. The summed E-state index contributed by atoms with van der Waals surface area (Å²) in [6.07, 6.45) is 4.03. The maximum absolute atomic E-state index is 13.5. The minimum Gasteiger partial charge on any atom is -0.339 e. The molecule has 1 amide bonds. The van der Waals surface area contributed by atoms with Gasteiger partial charge in [0.25, 0.3) is 5.56 Å². The van der Waals surface area contributed by atoms with E-state index in [4.69, 9.17) is 0 Å². The smallest absolute Gasteiger partial charge is 0.330 e. The van der Waals surface area contributed by atoms with Crippen molar-refractivity contribution in [3.05, 3.63) is 62.3 Å². The van der Waals surface area contributed by atoms with Gasteiger partial charge < -0.3 is 9.47 Å². The average Bonchev–Trinajstić information content (AvgIpc) is 3.18. The molecule has 3 rings (SSSR count). The number of aryl methyl sites for hydroxylation is 3. The summed E-state index contributed by atoms with van der Waals surface area (Å²) in [7, 11) is 0. The van der Waals surface area contributed by atoms with Crippen LogP contribution < -0.4 is 11.2 Å². The molecule has 2 heterocycles. The summed E-state index contributed by atoms with van der Waals surface area (Å²) < 4.78 is 16.9. The number of amides is 1. The van der Waals surface area contributed by atoms with Crippen molar-refractivity contribution in [2.45, 2.75) is 78.9 Å². The summed E-state index contributed by atoms with van der Waals surface area (Å²) in [5.41, 5.74) is 0.597. The van der Waals surface area contributed by atoms with Gasteiger partial charge in [0.05, 0.1) is 0 Å². The first-order valence-corrected chi connectivity index (χ1v) is 12.1. The van der Waals surface area contributed by atoms with Gasteiger partial charge >= 0.3 is 5.69 Å². The molecule has 0 spiro atoms. The van der Waals surface area contributed by atoms with Crippen molar-refractivity contribution >= 4 is 17.1 Å². The summed E-state index contributed by atoms with van der Waals surface area (Å²) in [5.74, 6) is 0.225. The molecule has 1 aromatic carbocycles. The van der Waals surface area contributed by atoms with E-state index in [-0.39, 0.29) is 18.1 Å². The molecule has 0 fully saturated rings. The second-order valence-corrected chi connectivity index (χ2v) is 8.51. The Morgan fingerprint density at radius 2 is 1.79 bits per heavy atom. The molecule has 184 valence electrons. The van der Waals surface area contributed by atoms with Gasteiger partial charge in [-0.3, -0.25) is 19.1 Å². The van der Waals surface area contributed by atoms with E-state index in [1.807, 2.05) is 18.4 Å². The molecular formula is C25H34FN5O3. The maximum atomic E-state index is 13.5. The predicted molar refractivity (Wildman–Crippen MR) is 130 cm³/mol. The molecule has 0 aliphatic carbocycles. The quantitative estimate of drug-likeness (QED) is 0.437. The molecular weight excluding hydrogens is 437 g/mol. The van der Waals surface area contributed by atoms with Crippen LogP contribution in [0.4, 0.5) is 4.39 Å². The molecule has 0 saturated heterocycles. The second kappa shape index (κ2) is 11.8. The van der Waals surface area contributed by atoms with Gasteiger partial charge in [-0.25, -0.2) is 14.2 Å². The van der Waals surface area contributed by atoms with Crippen molar-refractivity contribution in [2.24, 2.45) is 0 Å². The standard InChI is InChI=1S/C25H34FN5O3/c1-4-7-14-30-20(27-23-22(30)24(33)28-25(34)31(23)15-8-5-2)12-13-21(32)29(6-3)17-18-10-9-11-19(26)16-18/h9-11,16H,4-8,12-15,17H2,1-3H3,(H,28,33,34). The van der Waals surface area contributed by atoms with Gasteiger partial charge in [-0.15, -0.1) is 0 Å². The second-order valence-electron chi connectivity index (χ2n) is 8.51. The first kappa shape index (κ1) is 25.4. The van der Waals surface area contributed by atoms with Gasteiger partial charge in [-0.2, -0.15) is 0 Å². The Morgan fingerprint density at radius 1 is 1.09 bits per heavy atom. The van der Waals surface area contributed by atoms with Crippen molar-refractivity contribution < 1.29 is 9.18 Å². The highest BCUT2D eigenvalue weighted by atomic mass is 19.1. The van der Waals surface area contributed by atoms with E-state index in [2.05, 4.69) is 16.9 Å². The molecule has 0 bridgehead atoms. The Balaban J connectivity index is 1.88. The van der Waals surface area contributed by atoms with Crippen LogP contribution in [0.25, 0.3) is 11.2 Å². The number of aromatic nitrogens is 4. The van der Waals surface area contributed by atoms with Gasteiger partial charge in [0, 0.05) is 39.0 Å². The molecule has 0 aliphatic rings. The molecule has 0 radical (unpaired) electrons. The highest BCUT2D eigenvalue weighted by Gasteiger charge is 2.20. The van der Waals surface area contributed by atoms with Crippen LogP contribution in [-0.4, -0.2) is 36.5 Å². The number of aromatic amines is 1. The minimum absolute atomic E-state index is 0.0712. The van der Waals surface area contributed by atoms with Gasteiger partial charge in [0.1, 0.15) is 11.6 Å². The zero-order valence-corrected chi connectivity index (χ0v) is 20.3. The van der Waals surface area contributed by atoms with Crippen LogP contribution in [0.5, 0.6) is 0 Å². The average molecular weight is 472 g/mol. The molecule has 34 heavy (non-hydrogen) atoms. The van der Waals surface area contributed by atoms with Crippen LogP contribution >= 0.6 is 0 Å². The fourth-order valence-electron chi connectivity index (χ4n) is 4.10. The predicted octanol–water partition coefficient (Wildman–Crippen LogP) is 3.61. The van der Waals surface area contributed by atoms with Crippen LogP contribution in [0.1, 0.15) is 64.3 Å². The molecule has 8 nitrogen and oxygen atoms in total. The largest absolute Gasteiger partial charge is 0.339 e. The molecule has 0 atom stereocenters. The third-order valence-electron chi connectivity index (χ3n) is 5.99. The van der Waals surface area contributed by atoms with Crippen LogP contribution in [0.15, 0.2) is 33.9 Å². The van der Waals surface area contributed by atoms with Crippen LogP contribution in [-0.2, 0) is 30.8 Å². The first-order valence-electron chi connectivity index (χ1n) is 12.1. The van der Waals surface area contributed by atoms with E-state index < -0.39 is 11.2 Å². The molecule has 0 unspecified atom stereocenters. The van der Waals surface area contributed by atoms with Crippen LogP contribution in [0, 0.1) is 5.82 Å². The SMILES string of the molecule is CCCCn1c(CCC(=O)N(CC)Cc2cccc(F)c2)nc2c1c(=O)[nH]c(=O)n2CCCC. The lowest BCUT2D eigenvalue weighted by Gasteiger charge is -2.21.